The molecule has 0 aliphatic rings. The predicted octanol–water partition coefficient (Wildman–Crippen LogP) is 5.64. The van der Waals surface area contributed by atoms with Gasteiger partial charge in [0, 0.05) is 17.5 Å². The van der Waals surface area contributed by atoms with Crippen LogP contribution in [0.5, 0.6) is 5.75 Å². The lowest BCUT2D eigenvalue weighted by atomic mass is 10.1. The minimum atomic E-state index is -4.12. The zero-order valence-corrected chi connectivity index (χ0v) is 26.8. The fourth-order valence-electron chi connectivity index (χ4n) is 4.44. The van der Waals surface area contributed by atoms with E-state index < -0.39 is 28.5 Å². The van der Waals surface area contributed by atoms with Gasteiger partial charge in [0.05, 0.1) is 17.7 Å². The smallest absolute Gasteiger partial charge is 0.264 e. The molecule has 42 heavy (non-hydrogen) atoms. The number of benzene rings is 3. The standard InChI is InChI=1S/C32H41N3O5S2/c1-7-24(4)33-32(37)30(8-2)34(21-25-10-9-11-27(20-25)40-5)31(36)22-35(26-14-12-23(3)13-15-26)42(38,39)29-18-16-28(41-6)17-19-29/h9-20,24,30H,7-8,21-22H2,1-6H3,(H,33,37)/t24-,30-/m0/s1. The van der Waals surface area contributed by atoms with Gasteiger partial charge in [0.2, 0.25) is 11.8 Å². The van der Waals surface area contributed by atoms with Crippen LogP contribution in [0.4, 0.5) is 5.69 Å². The molecule has 0 aliphatic carbocycles. The van der Waals surface area contributed by atoms with Crippen molar-refractivity contribution >= 4 is 39.3 Å². The molecule has 0 fully saturated rings. The highest BCUT2D eigenvalue weighted by molar-refractivity contribution is 7.98. The lowest BCUT2D eigenvalue weighted by Crippen LogP contribution is -2.53. The van der Waals surface area contributed by atoms with Crippen molar-refractivity contribution < 1.29 is 22.7 Å². The maximum absolute atomic E-state index is 14.2. The minimum Gasteiger partial charge on any atom is -0.497 e. The largest absolute Gasteiger partial charge is 0.497 e. The van der Waals surface area contributed by atoms with Crippen LogP contribution < -0.4 is 14.4 Å². The van der Waals surface area contributed by atoms with Crippen LogP contribution in [0.1, 0.15) is 44.7 Å². The number of sulfonamides is 1. The highest BCUT2D eigenvalue weighted by atomic mass is 32.2. The summed E-state index contributed by atoms with van der Waals surface area (Å²) < 4.78 is 34.5. The molecule has 0 saturated carbocycles. The molecule has 0 saturated heterocycles. The van der Waals surface area contributed by atoms with Crippen molar-refractivity contribution in [3.05, 3.63) is 83.9 Å². The predicted molar refractivity (Wildman–Crippen MR) is 169 cm³/mol. The lowest BCUT2D eigenvalue weighted by molar-refractivity contribution is -0.140. The fourth-order valence-corrected chi connectivity index (χ4v) is 6.27. The fraction of sp³-hybridized carbons (Fsp3) is 0.375. The number of hydrogen-bond acceptors (Lipinski definition) is 6. The average molecular weight is 612 g/mol. The number of nitrogens with one attached hydrogen (secondary N) is 1. The summed E-state index contributed by atoms with van der Waals surface area (Å²) in [7, 11) is -2.56. The molecule has 3 aromatic carbocycles. The Morgan fingerprint density at radius 2 is 1.64 bits per heavy atom. The lowest BCUT2D eigenvalue weighted by Gasteiger charge is -2.33. The second-order valence-corrected chi connectivity index (χ2v) is 12.9. The Bertz CT molecular complexity index is 1440. The van der Waals surface area contributed by atoms with Gasteiger partial charge < -0.3 is 15.0 Å². The summed E-state index contributed by atoms with van der Waals surface area (Å²) in [6, 6.07) is 20.0. The van der Waals surface area contributed by atoms with Gasteiger partial charge in [-0.2, -0.15) is 0 Å². The molecule has 226 valence electrons. The van der Waals surface area contributed by atoms with E-state index in [1.54, 1.807) is 55.6 Å². The SMILES string of the molecule is CC[C@H](C)NC(=O)[C@H](CC)N(Cc1cccc(OC)c1)C(=O)CN(c1ccc(C)cc1)S(=O)(=O)c1ccc(SC)cc1. The van der Waals surface area contributed by atoms with E-state index in [4.69, 9.17) is 4.74 Å². The van der Waals surface area contributed by atoms with Crippen LogP contribution >= 0.6 is 11.8 Å². The van der Waals surface area contributed by atoms with Crippen molar-refractivity contribution in [2.75, 3.05) is 24.2 Å². The molecule has 0 aromatic heterocycles. The van der Waals surface area contributed by atoms with Gasteiger partial charge in [-0.25, -0.2) is 8.42 Å². The highest BCUT2D eigenvalue weighted by Gasteiger charge is 2.34. The van der Waals surface area contributed by atoms with Crippen molar-refractivity contribution in [3.8, 4) is 5.75 Å². The number of ether oxygens (including phenoxy) is 1. The molecule has 10 heteroatoms. The number of methoxy groups -OCH3 is 1. The zero-order chi connectivity index (χ0) is 30.9. The summed E-state index contributed by atoms with van der Waals surface area (Å²) >= 11 is 1.51. The summed E-state index contributed by atoms with van der Waals surface area (Å²) in [5.74, 6) is -0.149. The second-order valence-electron chi connectivity index (χ2n) is 10.1. The first kappa shape index (κ1) is 33.0. The van der Waals surface area contributed by atoms with Gasteiger partial charge in [-0.05, 0) is 87.0 Å². The second kappa shape index (κ2) is 15.1. The Hall–Kier alpha value is -3.50. The molecule has 2 amide bonds. The van der Waals surface area contributed by atoms with E-state index in [-0.39, 0.29) is 23.4 Å². The summed E-state index contributed by atoms with van der Waals surface area (Å²) in [6.45, 7) is 7.26. The molecule has 0 radical (unpaired) electrons. The molecule has 8 nitrogen and oxygen atoms in total. The first-order valence-electron chi connectivity index (χ1n) is 14.0. The van der Waals surface area contributed by atoms with Crippen LogP contribution in [0.3, 0.4) is 0 Å². The Morgan fingerprint density at radius 3 is 2.21 bits per heavy atom. The van der Waals surface area contributed by atoms with E-state index in [1.807, 2.05) is 58.2 Å². The van der Waals surface area contributed by atoms with Gasteiger partial charge in [-0.3, -0.25) is 13.9 Å². The number of nitrogens with zero attached hydrogens (tertiary/aromatic N) is 2. The van der Waals surface area contributed by atoms with E-state index in [0.717, 1.165) is 26.7 Å². The molecule has 1 N–H and O–H groups in total. The number of aryl methyl sites for hydroxylation is 1. The summed E-state index contributed by atoms with van der Waals surface area (Å²) in [5.41, 5.74) is 2.08. The van der Waals surface area contributed by atoms with Crippen molar-refractivity contribution in [2.24, 2.45) is 0 Å². The summed E-state index contributed by atoms with van der Waals surface area (Å²) in [5, 5.41) is 2.99. The maximum Gasteiger partial charge on any atom is 0.264 e. The van der Waals surface area contributed by atoms with Crippen LogP contribution in [0.15, 0.2) is 82.6 Å². The van der Waals surface area contributed by atoms with Gasteiger partial charge in [-0.15, -0.1) is 11.8 Å². The number of hydrogen-bond donors (Lipinski definition) is 1. The topological polar surface area (TPSA) is 96.0 Å². The molecule has 0 unspecified atom stereocenters. The van der Waals surface area contributed by atoms with Crippen LogP contribution in [0.2, 0.25) is 0 Å². The molecule has 0 bridgehead atoms. The van der Waals surface area contributed by atoms with Gasteiger partial charge in [0.1, 0.15) is 18.3 Å². The molecule has 0 heterocycles. The van der Waals surface area contributed by atoms with Crippen molar-refractivity contribution in [1.82, 2.24) is 10.2 Å². The third kappa shape index (κ3) is 8.29. The Kier molecular flexibility index (Phi) is 11.9. The van der Waals surface area contributed by atoms with Crippen LogP contribution in [-0.2, 0) is 26.2 Å². The first-order valence-corrected chi connectivity index (χ1v) is 16.7. The maximum atomic E-state index is 14.2. The minimum absolute atomic E-state index is 0.0750. The van der Waals surface area contributed by atoms with Crippen molar-refractivity contribution in [1.29, 1.82) is 0 Å². The molecule has 2 atom stereocenters. The van der Waals surface area contributed by atoms with Crippen molar-refractivity contribution in [2.45, 2.75) is 69.0 Å². The zero-order valence-electron chi connectivity index (χ0n) is 25.2. The number of anilines is 1. The molecule has 3 aromatic rings. The summed E-state index contributed by atoms with van der Waals surface area (Å²) in [6.07, 6.45) is 3.01. The molecule has 0 spiro atoms. The van der Waals surface area contributed by atoms with Gasteiger partial charge >= 0.3 is 0 Å². The Morgan fingerprint density at radius 1 is 0.976 bits per heavy atom. The number of rotatable bonds is 14. The van der Waals surface area contributed by atoms with Crippen LogP contribution in [-0.4, -0.2) is 57.1 Å². The van der Waals surface area contributed by atoms with Gasteiger partial charge in [-0.1, -0.05) is 43.7 Å². The Labute approximate surface area is 254 Å². The molecule has 0 aliphatic heterocycles. The first-order chi connectivity index (χ1) is 20.0. The highest BCUT2D eigenvalue weighted by Crippen LogP contribution is 2.27. The Balaban J connectivity index is 2.06. The van der Waals surface area contributed by atoms with Crippen LogP contribution in [0, 0.1) is 6.92 Å². The molecule has 3 rings (SSSR count). The van der Waals surface area contributed by atoms with E-state index in [0.29, 0.717) is 17.9 Å². The summed E-state index contributed by atoms with van der Waals surface area (Å²) in [4.78, 5) is 30.1. The van der Waals surface area contributed by atoms with Gasteiger partial charge in [0.25, 0.3) is 10.0 Å². The monoisotopic (exact) mass is 611 g/mol. The quantitative estimate of drug-likeness (QED) is 0.237. The number of thioether (sulfide) groups is 1. The number of amides is 2. The van der Waals surface area contributed by atoms with E-state index in [1.165, 1.54) is 16.7 Å². The normalized spacial score (nSPS) is 12.7. The van der Waals surface area contributed by atoms with E-state index in [2.05, 4.69) is 5.32 Å². The third-order valence-electron chi connectivity index (χ3n) is 7.12. The molecular formula is C32H41N3O5S2. The number of carbonyl (C=O) groups excluding carboxylic acids is 2. The van der Waals surface area contributed by atoms with E-state index >= 15 is 0 Å². The van der Waals surface area contributed by atoms with E-state index in [9.17, 15) is 18.0 Å². The third-order valence-corrected chi connectivity index (χ3v) is 9.65. The van der Waals surface area contributed by atoms with Crippen LogP contribution in [0.25, 0.3) is 0 Å². The average Bonchev–Trinajstić information content (AvgIpc) is 3.00. The number of carbonyl (C=O) groups is 2. The molecular weight excluding hydrogens is 571 g/mol. The van der Waals surface area contributed by atoms with Gasteiger partial charge in [0.15, 0.2) is 0 Å². The van der Waals surface area contributed by atoms with Crippen molar-refractivity contribution in [3.63, 3.8) is 0 Å².